The monoisotopic (exact) mass is 158 g/mol. The van der Waals surface area contributed by atoms with E-state index in [-0.39, 0.29) is 11.8 Å². The third-order valence-electron chi connectivity index (χ3n) is 1.80. The number of aliphatic hydroxyl groups is 1. The molecule has 0 radical (unpaired) electrons. The summed E-state index contributed by atoms with van der Waals surface area (Å²) in [4.78, 5) is 11.1. The molecule has 0 aromatic rings. The van der Waals surface area contributed by atoms with Crippen molar-refractivity contribution in [2.45, 2.75) is 19.1 Å². The Labute approximate surface area is 66.0 Å². The van der Waals surface area contributed by atoms with Crippen molar-refractivity contribution in [3.8, 4) is 0 Å². The van der Waals surface area contributed by atoms with E-state index in [0.717, 1.165) is 13.1 Å². The van der Waals surface area contributed by atoms with Gasteiger partial charge in [-0.2, -0.15) is 0 Å². The minimum atomic E-state index is -0.854. The van der Waals surface area contributed by atoms with E-state index in [1.165, 1.54) is 6.92 Å². The highest BCUT2D eigenvalue weighted by atomic mass is 16.3. The van der Waals surface area contributed by atoms with Gasteiger partial charge in [0, 0.05) is 19.6 Å². The van der Waals surface area contributed by atoms with Crippen LogP contribution in [0.15, 0.2) is 0 Å². The molecule has 4 nitrogen and oxygen atoms in total. The van der Waals surface area contributed by atoms with Crippen LogP contribution in [0.3, 0.4) is 0 Å². The Morgan fingerprint density at radius 3 is 2.82 bits per heavy atom. The summed E-state index contributed by atoms with van der Waals surface area (Å²) in [5.74, 6) is -0.128. The molecule has 11 heavy (non-hydrogen) atoms. The maximum atomic E-state index is 11.1. The molecule has 64 valence electrons. The van der Waals surface area contributed by atoms with Gasteiger partial charge in [-0.05, 0) is 6.92 Å². The van der Waals surface area contributed by atoms with Crippen molar-refractivity contribution in [3.63, 3.8) is 0 Å². The van der Waals surface area contributed by atoms with E-state index in [9.17, 15) is 4.79 Å². The predicted molar refractivity (Wildman–Crippen MR) is 41.3 cm³/mol. The van der Waals surface area contributed by atoms with Gasteiger partial charge in [0.1, 0.15) is 6.10 Å². The first-order valence-electron chi connectivity index (χ1n) is 3.87. The van der Waals surface area contributed by atoms with Crippen molar-refractivity contribution in [1.29, 1.82) is 0 Å². The molecule has 1 heterocycles. The molecule has 0 spiro atoms. The molecule has 0 aromatic heterocycles. The Balaban J connectivity index is 2.39. The highest BCUT2D eigenvalue weighted by molar-refractivity contribution is 5.87. The van der Waals surface area contributed by atoms with Gasteiger partial charge < -0.3 is 15.7 Å². The smallest absolute Gasteiger partial charge is 0.179 e. The van der Waals surface area contributed by atoms with Crippen LogP contribution in [-0.4, -0.2) is 42.7 Å². The molecule has 1 saturated heterocycles. The summed E-state index contributed by atoms with van der Waals surface area (Å²) in [6, 6.07) is -0.205. The van der Waals surface area contributed by atoms with Gasteiger partial charge in [0.2, 0.25) is 0 Å². The molecule has 2 atom stereocenters. The van der Waals surface area contributed by atoms with E-state index >= 15 is 0 Å². The van der Waals surface area contributed by atoms with Crippen LogP contribution < -0.4 is 10.6 Å². The fourth-order valence-electron chi connectivity index (χ4n) is 1.15. The zero-order valence-electron chi connectivity index (χ0n) is 6.63. The fraction of sp³-hybridized carbons (Fsp3) is 0.857. The van der Waals surface area contributed by atoms with Crippen molar-refractivity contribution in [1.82, 2.24) is 10.6 Å². The van der Waals surface area contributed by atoms with Crippen LogP contribution >= 0.6 is 0 Å². The van der Waals surface area contributed by atoms with E-state index in [1.807, 2.05) is 0 Å². The topological polar surface area (TPSA) is 61.4 Å². The second kappa shape index (κ2) is 3.80. The molecular formula is C7H14N2O2. The lowest BCUT2D eigenvalue weighted by Crippen LogP contribution is -2.54. The zero-order chi connectivity index (χ0) is 8.27. The Morgan fingerprint density at radius 1 is 1.64 bits per heavy atom. The number of nitrogens with one attached hydrogen (secondary N) is 2. The van der Waals surface area contributed by atoms with Gasteiger partial charge in [0.15, 0.2) is 5.78 Å². The quantitative estimate of drug-likeness (QED) is 0.457. The molecule has 4 heteroatoms. The van der Waals surface area contributed by atoms with Crippen LogP contribution in [0.2, 0.25) is 0 Å². The summed E-state index contributed by atoms with van der Waals surface area (Å²) < 4.78 is 0. The van der Waals surface area contributed by atoms with Crippen LogP contribution in [0.1, 0.15) is 6.92 Å². The Hall–Kier alpha value is -0.450. The highest BCUT2D eigenvalue weighted by Gasteiger charge is 2.23. The van der Waals surface area contributed by atoms with Crippen LogP contribution in [0.4, 0.5) is 0 Å². The molecule has 0 aromatic carbocycles. The largest absolute Gasteiger partial charge is 0.386 e. The Morgan fingerprint density at radius 2 is 2.36 bits per heavy atom. The lowest BCUT2D eigenvalue weighted by Gasteiger charge is -2.24. The summed E-state index contributed by atoms with van der Waals surface area (Å²) in [5.41, 5.74) is 0. The van der Waals surface area contributed by atoms with Gasteiger partial charge in [-0.15, -0.1) is 0 Å². The zero-order valence-corrected chi connectivity index (χ0v) is 6.63. The average molecular weight is 158 g/mol. The average Bonchev–Trinajstić information content (AvgIpc) is 2.05. The fourth-order valence-corrected chi connectivity index (χ4v) is 1.15. The van der Waals surface area contributed by atoms with Gasteiger partial charge in [-0.25, -0.2) is 0 Å². The van der Waals surface area contributed by atoms with Gasteiger partial charge in [0.25, 0.3) is 0 Å². The van der Waals surface area contributed by atoms with Crippen LogP contribution in [0.5, 0.6) is 0 Å². The maximum Gasteiger partial charge on any atom is 0.179 e. The molecule has 1 aliphatic heterocycles. The Kier molecular flexibility index (Phi) is 2.99. The van der Waals surface area contributed by atoms with Crippen molar-refractivity contribution in [3.05, 3.63) is 0 Å². The molecule has 1 rings (SSSR count). The summed E-state index contributed by atoms with van der Waals surface area (Å²) in [6.45, 7) is 3.81. The van der Waals surface area contributed by atoms with E-state index in [1.54, 1.807) is 0 Å². The van der Waals surface area contributed by atoms with Crippen molar-refractivity contribution in [2.24, 2.45) is 0 Å². The molecule has 0 bridgehead atoms. The third kappa shape index (κ3) is 2.25. The summed E-state index contributed by atoms with van der Waals surface area (Å²) in [5, 5.41) is 15.1. The van der Waals surface area contributed by atoms with Gasteiger partial charge in [-0.1, -0.05) is 0 Å². The number of carbonyl (C=O) groups excluding carboxylic acids is 1. The van der Waals surface area contributed by atoms with Crippen LogP contribution in [0.25, 0.3) is 0 Å². The Bertz CT molecular complexity index is 141. The number of piperazine rings is 1. The predicted octanol–water partition coefficient (Wildman–Crippen LogP) is -1.50. The van der Waals surface area contributed by atoms with Gasteiger partial charge in [0.05, 0.1) is 6.04 Å². The first-order chi connectivity index (χ1) is 5.22. The van der Waals surface area contributed by atoms with Crippen molar-refractivity contribution in [2.75, 3.05) is 19.6 Å². The highest BCUT2D eigenvalue weighted by Crippen LogP contribution is 1.93. The molecule has 0 amide bonds. The number of hydrogen-bond acceptors (Lipinski definition) is 4. The van der Waals surface area contributed by atoms with E-state index in [0.29, 0.717) is 6.54 Å². The van der Waals surface area contributed by atoms with Crippen LogP contribution in [-0.2, 0) is 4.79 Å². The van der Waals surface area contributed by atoms with E-state index < -0.39 is 6.10 Å². The minimum Gasteiger partial charge on any atom is -0.386 e. The van der Waals surface area contributed by atoms with Gasteiger partial charge in [-0.3, -0.25) is 4.79 Å². The molecular weight excluding hydrogens is 144 g/mol. The minimum absolute atomic E-state index is 0.128. The normalized spacial score (nSPS) is 28.0. The summed E-state index contributed by atoms with van der Waals surface area (Å²) >= 11 is 0. The third-order valence-corrected chi connectivity index (χ3v) is 1.80. The number of rotatable bonds is 2. The lowest BCUT2D eigenvalue weighted by molar-refractivity contribution is -0.128. The van der Waals surface area contributed by atoms with Crippen molar-refractivity contribution < 1.29 is 9.90 Å². The standard InChI is InChI=1S/C7H14N2O2/c1-5(10)7(11)6-4-8-2-3-9-6/h5-6,8-10H,2-4H2,1H3/t5-,6-/m1/s1. The molecule has 1 fully saturated rings. The number of ketones is 1. The summed E-state index contributed by atoms with van der Waals surface area (Å²) in [7, 11) is 0. The molecule has 3 N–H and O–H groups in total. The van der Waals surface area contributed by atoms with Crippen molar-refractivity contribution >= 4 is 5.78 Å². The summed E-state index contributed by atoms with van der Waals surface area (Å²) in [6.07, 6.45) is -0.854. The van der Waals surface area contributed by atoms with E-state index in [2.05, 4.69) is 10.6 Å². The second-order valence-corrected chi connectivity index (χ2v) is 2.79. The number of Topliss-reactive ketones (excluding diaryl/α,β-unsaturated/α-hetero) is 1. The second-order valence-electron chi connectivity index (χ2n) is 2.79. The molecule has 0 unspecified atom stereocenters. The first-order valence-corrected chi connectivity index (χ1v) is 3.87. The first kappa shape index (κ1) is 8.64. The lowest BCUT2D eigenvalue weighted by atomic mass is 10.1. The number of hydrogen-bond donors (Lipinski definition) is 3. The maximum absolute atomic E-state index is 11.1. The van der Waals surface area contributed by atoms with Gasteiger partial charge >= 0.3 is 0 Å². The van der Waals surface area contributed by atoms with Crippen LogP contribution in [0, 0.1) is 0 Å². The number of carbonyl (C=O) groups is 1. The molecule has 1 aliphatic rings. The molecule has 0 aliphatic carbocycles. The molecule has 0 saturated carbocycles. The van der Waals surface area contributed by atoms with E-state index in [4.69, 9.17) is 5.11 Å². The SMILES string of the molecule is C[C@@H](O)C(=O)[C@H]1CNCCN1. The number of aliphatic hydroxyl groups excluding tert-OH is 1.